The minimum absolute atomic E-state index is 0.194. The molecule has 0 aromatic carbocycles. The quantitative estimate of drug-likeness (QED) is 0.698. The van der Waals surface area contributed by atoms with Crippen LogP contribution in [0.2, 0.25) is 0 Å². The van der Waals surface area contributed by atoms with Gasteiger partial charge in [0.05, 0.1) is 11.5 Å². The Morgan fingerprint density at radius 1 is 1.17 bits per heavy atom. The number of hydrogen-bond donors (Lipinski definition) is 0. The summed E-state index contributed by atoms with van der Waals surface area (Å²) in [5.74, 6) is -0.0112. The number of halogens is 3. The van der Waals surface area contributed by atoms with E-state index in [2.05, 4.69) is 4.98 Å². The molecule has 0 N–H and O–H groups in total. The standard InChI is InChI=1S/C20H24F3N3O3S/c1-12(2)11-29-19(28)26-8-4-7-25(9-10-26)18(27)16-13(3)14-5-6-15(20(21,22)23)24-17(14)30-16/h5-6,12H,4,7-11H2,1-3H3. The highest BCUT2D eigenvalue weighted by atomic mass is 32.1. The van der Waals surface area contributed by atoms with Crippen molar-refractivity contribution in [1.82, 2.24) is 14.8 Å². The normalized spacial score (nSPS) is 15.6. The van der Waals surface area contributed by atoms with Crippen LogP contribution in [0.3, 0.4) is 0 Å². The fourth-order valence-electron chi connectivity index (χ4n) is 3.24. The van der Waals surface area contributed by atoms with Crippen molar-refractivity contribution in [3.05, 3.63) is 28.3 Å². The van der Waals surface area contributed by atoms with Gasteiger partial charge >= 0.3 is 12.3 Å². The van der Waals surface area contributed by atoms with Crippen LogP contribution in [0.5, 0.6) is 0 Å². The Hall–Kier alpha value is -2.36. The summed E-state index contributed by atoms with van der Waals surface area (Å²) in [5.41, 5.74) is -0.348. The van der Waals surface area contributed by atoms with Crippen molar-refractivity contribution in [2.24, 2.45) is 5.92 Å². The zero-order valence-electron chi connectivity index (χ0n) is 17.1. The average Bonchev–Trinajstić information content (AvgIpc) is 2.85. The van der Waals surface area contributed by atoms with Crippen LogP contribution in [0.25, 0.3) is 10.2 Å². The minimum Gasteiger partial charge on any atom is -0.449 e. The first kappa shape index (κ1) is 22.3. The van der Waals surface area contributed by atoms with E-state index >= 15 is 0 Å². The van der Waals surface area contributed by atoms with Crippen LogP contribution in [-0.4, -0.2) is 59.6 Å². The summed E-state index contributed by atoms with van der Waals surface area (Å²) >= 11 is 0.974. The molecule has 1 fully saturated rings. The van der Waals surface area contributed by atoms with Crippen molar-refractivity contribution in [2.75, 3.05) is 32.8 Å². The molecule has 3 heterocycles. The van der Waals surface area contributed by atoms with Crippen molar-refractivity contribution in [2.45, 2.75) is 33.4 Å². The van der Waals surface area contributed by atoms with Crippen molar-refractivity contribution < 1.29 is 27.5 Å². The molecule has 0 bridgehead atoms. The van der Waals surface area contributed by atoms with Crippen LogP contribution in [0.4, 0.5) is 18.0 Å². The lowest BCUT2D eigenvalue weighted by Crippen LogP contribution is -2.37. The number of thiophene rings is 1. The predicted molar refractivity (Wildman–Crippen MR) is 108 cm³/mol. The number of hydrogen-bond acceptors (Lipinski definition) is 5. The van der Waals surface area contributed by atoms with E-state index in [-0.39, 0.29) is 22.7 Å². The van der Waals surface area contributed by atoms with E-state index < -0.39 is 11.9 Å². The first-order valence-corrected chi connectivity index (χ1v) is 10.6. The zero-order valence-corrected chi connectivity index (χ0v) is 17.9. The molecule has 10 heteroatoms. The number of carbonyl (C=O) groups is 2. The second-order valence-corrected chi connectivity index (χ2v) is 8.71. The van der Waals surface area contributed by atoms with E-state index in [9.17, 15) is 22.8 Å². The number of nitrogens with zero attached hydrogens (tertiary/aromatic N) is 3. The molecule has 164 valence electrons. The molecule has 2 aromatic heterocycles. The number of alkyl halides is 3. The van der Waals surface area contributed by atoms with Gasteiger partial charge in [0, 0.05) is 31.6 Å². The van der Waals surface area contributed by atoms with Crippen LogP contribution in [-0.2, 0) is 10.9 Å². The Morgan fingerprint density at radius 2 is 1.83 bits per heavy atom. The fraction of sp³-hybridized carbons (Fsp3) is 0.550. The predicted octanol–water partition coefficient (Wildman–Crippen LogP) is 4.56. The third-order valence-electron chi connectivity index (χ3n) is 4.87. The van der Waals surface area contributed by atoms with Crippen molar-refractivity contribution in [3.8, 4) is 0 Å². The molecule has 0 radical (unpaired) electrons. The maximum Gasteiger partial charge on any atom is 0.433 e. The van der Waals surface area contributed by atoms with E-state index in [1.165, 1.54) is 6.07 Å². The summed E-state index contributed by atoms with van der Waals surface area (Å²) in [6.45, 7) is 7.60. The fourth-order valence-corrected chi connectivity index (χ4v) is 4.38. The van der Waals surface area contributed by atoms with E-state index in [0.717, 1.165) is 17.4 Å². The summed E-state index contributed by atoms with van der Waals surface area (Å²) in [6.07, 6.45) is -4.32. The number of aryl methyl sites for hydroxylation is 1. The largest absolute Gasteiger partial charge is 0.449 e. The summed E-state index contributed by atoms with van der Waals surface area (Å²) in [4.78, 5) is 32.8. The van der Waals surface area contributed by atoms with Gasteiger partial charge < -0.3 is 14.5 Å². The molecule has 1 aliphatic rings. The van der Waals surface area contributed by atoms with Crippen LogP contribution < -0.4 is 0 Å². The second-order valence-electron chi connectivity index (χ2n) is 7.71. The highest BCUT2D eigenvalue weighted by molar-refractivity contribution is 7.20. The van der Waals surface area contributed by atoms with E-state index in [1.54, 1.807) is 16.7 Å². The second kappa shape index (κ2) is 8.79. The molecule has 0 saturated carbocycles. The molecule has 0 atom stereocenters. The SMILES string of the molecule is Cc1c(C(=O)N2CCCN(C(=O)OCC(C)C)CC2)sc2nc(C(F)(F)F)ccc12. The molecule has 2 aromatic rings. The van der Waals surface area contributed by atoms with Gasteiger partial charge in [0.2, 0.25) is 0 Å². The van der Waals surface area contributed by atoms with Gasteiger partial charge in [0.25, 0.3) is 5.91 Å². The first-order chi connectivity index (χ1) is 14.1. The molecule has 0 unspecified atom stereocenters. The van der Waals surface area contributed by atoms with E-state index in [4.69, 9.17) is 4.74 Å². The van der Waals surface area contributed by atoms with Crippen LogP contribution in [0, 0.1) is 12.8 Å². The lowest BCUT2D eigenvalue weighted by Gasteiger charge is -2.22. The summed E-state index contributed by atoms with van der Waals surface area (Å²) in [5, 5.41) is 0.546. The summed E-state index contributed by atoms with van der Waals surface area (Å²) in [6, 6.07) is 2.30. The van der Waals surface area contributed by atoms with E-state index in [0.29, 0.717) is 55.0 Å². The summed E-state index contributed by atoms with van der Waals surface area (Å²) in [7, 11) is 0. The number of fused-ring (bicyclic) bond motifs is 1. The Labute approximate surface area is 176 Å². The van der Waals surface area contributed by atoms with Crippen molar-refractivity contribution in [1.29, 1.82) is 0 Å². The number of pyridine rings is 1. The van der Waals surface area contributed by atoms with E-state index in [1.807, 2.05) is 13.8 Å². The zero-order chi connectivity index (χ0) is 22.1. The molecule has 0 spiro atoms. The Balaban J connectivity index is 1.74. The lowest BCUT2D eigenvalue weighted by molar-refractivity contribution is -0.140. The number of rotatable bonds is 3. The highest BCUT2D eigenvalue weighted by Crippen LogP contribution is 2.34. The third-order valence-corrected chi connectivity index (χ3v) is 6.06. The lowest BCUT2D eigenvalue weighted by atomic mass is 10.1. The highest BCUT2D eigenvalue weighted by Gasteiger charge is 2.33. The number of ether oxygens (including phenoxy) is 1. The van der Waals surface area contributed by atoms with Crippen LogP contribution >= 0.6 is 11.3 Å². The third kappa shape index (κ3) is 4.85. The van der Waals surface area contributed by atoms with Gasteiger partial charge in [-0.3, -0.25) is 4.79 Å². The number of aromatic nitrogens is 1. The molecule has 6 nitrogen and oxygen atoms in total. The van der Waals surface area contributed by atoms with Gasteiger partial charge in [0.1, 0.15) is 10.5 Å². The van der Waals surface area contributed by atoms with Gasteiger partial charge in [-0.1, -0.05) is 13.8 Å². The number of carbonyl (C=O) groups excluding carboxylic acids is 2. The van der Waals surface area contributed by atoms with Gasteiger partial charge in [-0.05, 0) is 37.0 Å². The average molecular weight is 443 g/mol. The first-order valence-electron chi connectivity index (χ1n) is 9.76. The molecule has 2 amide bonds. The Morgan fingerprint density at radius 3 is 2.50 bits per heavy atom. The monoisotopic (exact) mass is 443 g/mol. The molecule has 30 heavy (non-hydrogen) atoms. The van der Waals surface area contributed by atoms with Gasteiger partial charge in [0.15, 0.2) is 0 Å². The molecule has 1 aliphatic heterocycles. The molecule has 1 saturated heterocycles. The minimum atomic E-state index is -4.53. The van der Waals surface area contributed by atoms with Crippen molar-refractivity contribution >= 4 is 33.6 Å². The van der Waals surface area contributed by atoms with Gasteiger partial charge in [-0.2, -0.15) is 13.2 Å². The molecular weight excluding hydrogens is 419 g/mol. The Kier molecular flexibility index (Phi) is 6.54. The van der Waals surface area contributed by atoms with Gasteiger partial charge in [-0.15, -0.1) is 11.3 Å². The maximum atomic E-state index is 13.1. The molecule has 3 rings (SSSR count). The van der Waals surface area contributed by atoms with Crippen LogP contribution in [0.15, 0.2) is 12.1 Å². The van der Waals surface area contributed by atoms with Gasteiger partial charge in [-0.25, -0.2) is 9.78 Å². The smallest absolute Gasteiger partial charge is 0.433 e. The maximum absolute atomic E-state index is 13.1. The topological polar surface area (TPSA) is 62.7 Å². The molecular formula is C20H24F3N3O3S. The summed E-state index contributed by atoms with van der Waals surface area (Å²) < 4.78 is 44.1. The Bertz CT molecular complexity index is 943. The number of amides is 2. The van der Waals surface area contributed by atoms with Crippen molar-refractivity contribution in [3.63, 3.8) is 0 Å². The van der Waals surface area contributed by atoms with Crippen LogP contribution in [0.1, 0.15) is 41.2 Å². The molecule has 0 aliphatic carbocycles.